The fraction of sp³-hybridized carbons (Fsp3) is 0.250. The molecule has 0 aliphatic heterocycles. The number of rotatable bonds is 8. The molecule has 3 rings (SSSR count). The van der Waals surface area contributed by atoms with Crippen LogP contribution >= 0.6 is 0 Å². The van der Waals surface area contributed by atoms with Crippen molar-refractivity contribution in [1.82, 2.24) is 9.78 Å². The van der Waals surface area contributed by atoms with Crippen molar-refractivity contribution in [3.8, 4) is 0 Å². The minimum Gasteiger partial charge on any atom is -0.326 e. The van der Waals surface area contributed by atoms with Crippen LogP contribution in [-0.2, 0) is 21.4 Å². The van der Waals surface area contributed by atoms with Crippen LogP contribution in [0.1, 0.15) is 19.8 Å². The molecule has 1 aromatic heterocycles. The van der Waals surface area contributed by atoms with Gasteiger partial charge in [-0.25, -0.2) is 13.1 Å². The number of nitrogens with one attached hydrogen (secondary N) is 3. The van der Waals surface area contributed by atoms with Crippen LogP contribution in [-0.4, -0.2) is 29.9 Å². The lowest BCUT2D eigenvalue weighted by molar-refractivity contribution is -0.116. The van der Waals surface area contributed by atoms with Crippen molar-refractivity contribution in [1.29, 1.82) is 0 Å². The Morgan fingerprint density at radius 3 is 2.30 bits per heavy atom. The monoisotopic (exact) mass is 430 g/mol. The fourth-order valence-corrected chi connectivity index (χ4v) is 4.10. The van der Waals surface area contributed by atoms with Crippen LogP contribution in [0.4, 0.5) is 11.4 Å². The molecule has 9 nitrogen and oxygen atoms in total. The van der Waals surface area contributed by atoms with E-state index in [1.165, 1.54) is 0 Å². The summed E-state index contributed by atoms with van der Waals surface area (Å²) in [5, 5.41) is 5.75. The molecule has 0 fully saturated rings. The number of anilines is 2. The lowest BCUT2D eigenvalue weighted by Gasteiger charge is -2.10. The number of aromatic nitrogens is 2. The third kappa shape index (κ3) is 5.15. The van der Waals surface area contributed by atoms with Gasteiger partial charge in [0.05, 0.1) is 23.1 Å². The number of aryl methyl sites for hydroxylation is 1. The maximum Gasteiger partial charge on any atom is 0.273 e. The predicted molar refractivity (Wildman–Crippen MR) is 116 cm³/mol. The van der Waals surface area contributed by atoms with E-state index in [2.05, 4.69) is 15.1 Å². The van der Waals surface area contributed by atoms with Crippen molar-refractivity contribution in [2.45, 2.75) is 26.3 Å². The first kappa shape index (κ1) is 21.3. The quantitative estimate of drug-likeness (QED) is 0.502. The molecule has 0 aliphatic carbocycles. The Morgan fingerprint density at radius 1 is 1.00 bits per heavy atom. The number of H-pyrrole nitrogens is 1. The highest BCUT2D eigenvalue weighted by Crippen LogP contribution is 2.15. The van der Waals surface area contributed by atoms with Gasteiger partial charge in [-0.05, 0) is 42.8 Å². The number of carbonyl (C=O) groups is 1. The van der Waals surface area contributed by atoms with Gasteiger partial charge in [-0.2, -0.15) is 0 Å². The Bertz CT molecular complexity index is 1280. The van der Waals surface area contributed by atoms with Crippen LogP contribution in [0.15, 0.2) is 58.1 Å². The lowest BCUT2D eigenvalue weighted by atomic mass is 10.2. The second-order valence-corrected chi connectivity index (χ2v) is 8.58. The number of hydrogen-bond donors (Lipinski definition) is 3. The summed E-state index contributed by atoms with van der Waals surface area (Å²) >= 11 is 0. The minimum atomic E-state index is -3.38. The van der Waals surface area contributed by atoms with Gasteiger partial charge in [0.15, 0.2) is 0 Å². The molecule has 0 atom stereocenters. The zero-order valence-corrected chi connectivity index (χ0v) is 17.2. The number of amides is 1. The number of aromatic amines is 1. The highest BCUT2D eigenvalue weighted by molar-refractivity contribution is 7.92. The zero-order valence-electron chi connectivity index (χ0n) is 16.3. The van der Waals surface area contributed by atoms with E-state index in [0.717, 1.165) is 4.68 Å². The molecule has 10 heteroatoms. The van der Waals surface area contributed by atoms with Gasteiger partial charge in [0.1, 0.15) is 0 Å². The molecule has 0 saturated heterocycles. The number of nitrogens with zero attached hydrogens (tertiary/aromatic N) is 1. The summed E-state index contributed by atoms with van der Waals surface area (Å²) < 4.78 is 27.1. The lowest BCUT2D eigenvalue weighted by Crippen LogP contribution is -2.31. The van der Waals surface area contributed by atoms with Gasteiger partial charge < -0.3 is 5.32 Å². The van der Waals surface area contributed by atoms with Crippen LogP contribution in [0.25, 0.3) is 10.8 Å². The van der Waals surface area contributed by atoms with Crippen LogP contribution < -0.4 is 21.2 Å². The number of benzene rings is 2. The molecule has 0 aliphatic rings. The molecule has 3 aromatic rings. The molecule has 0 radical (unpaired) electrons. The van der Waals surface area contributed by atoms with Crippen LogP contribution in [0.2, 0.25) is 0 Å². The molecular formula is C20H22N4O5S. The summed E-state index contributed by atoms with van der Waals surface area (Å²) in [7, 11) is -3.38. The standard InChI is InChI=1S/C20H22N4O5S/c1-2-13-30(28,29)23-15-9-7-14(8-10-15)21-18(25)11-12-24-20(27)17-6-4-3-5-16(17)19(26)22-24/h3-10,23H,2,11-13H2,1H3,(H,21,25)(H,22,26). The van der Waals surface area contributed by atoms with Gasteiger partial charge in [-0.3, -0.25) is 24.2 Å². The predicted octanol–water partition coefficient (Wildman–Crippen LogP) is 1.87. The third-order valence-electron chi connectivity index (χ3n) is 4.36. The maximum atomic E-state index is 12.5. The van der Waals surface area contributed by atoms with Gasteiger partial charge in [0, 0.05) is 17.8 Å². The number of carbonyl (C=O) groups excluding carboxylic acids is 1. The highest BCUT2D eigenvalue weighted by Gasteiger charge is 2.10. The smallest absolute Gasteiger partial charge is 0.273 e. The molecule has 0 bridgehead atoms. The largest absolute Gasteiger partial charge is 0.326 e. The first-order valence-corrected chi connectivity index (χ1v) is 11.1. The second kappa shape index (κ2) is 8.95. The van der Waals surface area contributed by atoms with Crippen LogP contribution in [0, 0.1) is 0 Å². The van der Waals surface area contributed by atoms with Crippen molar-refractivity contribution >= 4 is 38.1 Å². The topological polar surface area (TPSA) is 130 Å². The van der Waals surface area contributed by atoms with Crippen LogP contribution in [0.3, 0.4) is 0 Å². The average molecular weight is 430 g/mol. The van der Waals surface area contributed by atoms with Crippen molar-refractivity contribution in [3.63, 3.8) is 0 Å². The van der Waals surface area contributed by atoms with E-state index < -0.39 is 15.6 Å². The molecule has 0 saturated carbocycles. The van der Waals surface area contributed by atoms with Crippen molar-refractivity contribution in [2.75, 3.05) is 15.8 Å². The fourth-order valence-electron chi connectivity index (χ4n) is 2.96. The summed E-state index contributed by atoms with van der Waals surface area (Å²) in [6.07, 6.45) is 0.480. The second-order valence-electron chi connectivity index (χ2n) is 6.74. The van der Waals surface area contributed by atoms with E-state index >= 15 is 0 Å². The zero-order chi connectivity index (χ0) is 21.7. The first-order valence-electron chi connectivity index (χ1n) is 9.41. The summed E-state index contributed by atoms with van der Waals surface area (Å²) in [6.45, 7) is 1.79. The van der Waals surface area contributed by atoms with Gasteiger partial charge in [-0.15, -0.1) is 0 Å². The molecule has 0 unspecified atom stereocenters. The molecule has 30 heavy (non-hydrogen) atoms. The summed E-state index contributed by atoms with van der Waals surface area (Å²) in [6, 6.07) is 12.7. The van der Waals surface area contributed by atoms with Gasteiger partial charge in [-0.1, -0.05) is 19.1 Å². The Hall–Kier alpha value is -3.40. The normalized spacial score (nSPS) is 11.4. The van der Waals surface area contributed by atoms with Gasteiger partial charge >= 0.3 is 0 Å². The Morgan fingerprint density at radius 2 is 1.63 bits per heavy atom. The van der Waals surface area contributed by atoms with E-state index in [1.54, 1.807) is 55.5 Å². The number of sulfonamides is 1. The maximum absolute atomic E-state index is 12.5. The van der Waals surface area contributed by atoms with Crippen molar-refractivity contribution in [2.24, 2.45) is 0 Å². The number of hydrogen-bond acceptors (Lipinski definition) is 5. The Balaban J connectivity index is 1.63. The molecule has 2 aromatic carbocycles. The third-order valence-corrected chi connectivity index (χ3v) is 5.85. The van der Waals surface area contributed by atoms with Crippen LogP contribution in [0.5, 0.6) is 0 Å². The molecule has 3 N–H and O–H groups in total. The molecule has 1 heterocycles. The van der Waals surface area contributed by atoms with E-state index in [4.69, 9.17) is 0 Å². The SMILES string of the molecule is CCCS(=O)(=O)Nc1ccc(NC(=O)CCn2[nH]c(=O)c3ccccc3c2=O)cc1. The first-order chi connectivity index (χ1) is 14.3. The molecule has 0 spiro atoms. The van der Waals surface area contributed by atoms with Gasteiger partial charge in [0.25, 0.3) is 11.1 Å². The summed E-state index contributed by atoms with van der Waals surface area (Å²) in [5.41, 5.74) is 0.118. The number of fused-ring (bicyclic) bond motifs is 1. The summed E-state index contributed by atoms with van der Waals surface area (Å²) in [4.78, 5) is 36.8. The molecule has 158 valence electrons. The van der Waals surface area contributed by atoms with E-state index in [9.17, 15) is 22.8 Å². The Kier molecular flexibility index (Phi) is 6.36. The molecular weight excluding hydrogens is 408 g/mol. The van der Waals surface area contributed by atoms with E-state index in [-0.39, 0.29) is 30.2 Å². The van der Waals surface area contributed by atoms with Crippen molar-refractivity contribution < 1.29 is 13.2 Å². The van der Waals surface area contributed by atoms with E-state index in [1.807, 2.05) is 0 Å². The minimum absolute atomic E-state index is 0.0135. The van der Waals surface area contributed by atoms with Gasteiger partial charge in [0.2, 0.25) is 15.9 Å². The average Bonchev–Trinajstić information content (AvgIpc) is 2.71. The highest BCUT2D eigenvalue weighted by atomic mass is 32.2. The van der Waals surface area contributed by atoms with E-state index in [0.29, 0.717) is 28.6 Å². The molecule has 1 amide bonds. The van der Waals surface area contributed by atoms with Crippen molar-refractivity contribution in [3.05, 3.63) is 69.2 Å². The Labute approximate surface area is 172 Å². The summed E-state index contributed by atoms with van der Waals surface area (Å²) in [5.74, 6) is -0.322.